The second-order valence-corrected chi connectivity index (χ2v) is 10.4. The third-order valence-corrected chi connectivity index (χ3v) is 5.50. The Balaban J connectivity index is 0. The van der Waals surface area contributed by atoms with Crippen LogP contribution < -0.4 is 11.5 Å². The predicted octanol–water partition coefficient (Wildman–Crippen LogP) is 1.83. The molecule has 31 heavy (non-hydrogen) atoms. The SMILES string of the molecule is CC(C)C[C@H](N)C(F)(F)CS(=O)(=O)O.NCC(Cc1ccc(F)cc1)CS(=O)(=O)O.S. The smallest absolute Gasteiger partial charge is 0.279 e. The van der Waals surface area contributed by atoms with Crippen LogP contribution in [0, 0.1) is 17.7 Å². The average molecular weight is 513 g/mol. The summed E-state index contributed by atoms with van der Waals surface area (Å²) in [7, 11) is -8.71. The minimum absolute atomic E-state index is 0. The minimum Gasteiger partial charge on any atom is -0.330 e. The second-order valence-electron chi connectivity index (χ2n) is 7.40. The molecule has 0 saturated heterocycles. The van der Waals surface area contributed by atoms with E-state index in [9.17, 15) is 30.0 Å². The molecule has 6 N–H and O–H groups in total. The highest BCUT2D eigenvalue weighted by molar-refractivity contribution is 7.86. The zero-order valence-electron chi connectivity index (χ0n) is 17.2. The van der Waals surface area contributed by atoms with Crippen LogP contribution in [0.3, 0.4) is 0 Å². The molecule has 1 unspecified atom stereocenters. The van der Waals surface area contributed by atoms with Crippen molar-refractivity contribution in [3.8, 4) is 0 Å². The van der Waals surface area contributed by atoms with Gasteiger partial charge in [0.15, 0.2) is 0 Å². The van der Waals surface area contributed by atoms with E-state index in [1.54, 1.807) is 26.0 Å². The number of hydrogen-bond acceptors (Lipinski definition) is 6. The molecule has 14 heteroatoms. The van der Waals surface area contributed by atoms with Crippen molar-refractivity contribution in [1.82, 2.24) is 0 Å². The number of halogens is 3. The second kappa shape index (κ2) is 13.6. The van der Waals surface area contributed by atoms with E-state index in [0.29, 0.717) is 6.42 Å². The Hall–Kier alpha value is -0.900. The van der Waals surface area contributed by atoms with Crippen molar-refractivity contribution in [2.45, 2.75) is 38.7 Å². The van der Waals surface area contributed by atoms with Crippen molar-refractivity contribution in [1.29, 1.82) is 0 Å². The Bertz CT molecular complexity index is 850. The van der Waals surface area contributed by atoms with Gasteiger partial charge < -0.3 is 11.5 Å². The summed E-state index contributed by atoms with van der Waals surface area (Å²) in [5.74, 6) is -6.34. The normalized spacial score (nSPS) is 14.3. The molecule has 1 rings (SSSR count). The molecule has 1 aromatic rings. The van der Waals surface area contributed by atoms with Crippen molar-refractivity contribution in [3.05, 3.63) is 35.6 Å². The van der Waals surface area contributed by atoms with Crippen molar-refractivity contribution < 1.29 is 39.1 Å². The van der Waals surface area contributed by atoms with Crippen LogP contribution in [-0.4, -0.2) is 56.0 Å². The Kier molecular flexibility index (Phi) is 14.2. The Morgan fingerprint density at radius 3 is 1.87 bits per heavy atom. The van der Waals surface area contributed by atoms with Gasteiger partial charge in [-0.05, 0) is 48.9 Å². The lowest BCUT2D eigenvalue weighted by Gasteiger charge is -2.23. The maximum Gasteiger partial charge on any atom is 0.279 e. The molecule has 0 bridgehead atoms. The summed E-state index contributed by atoms with van der Waals surface area (Å²) in [5, 5.41) is 0. The topological polar surface area (TPSA) is 161 Å². The first-order valence-electron chi connectivity index (χ1n) is 8.93. The van der Waals surface area contributed by atoms with Gasteiger partial charge in [0, 0.05) is 0 Å². The van der Waals surface area contributed by atoms with Crippen molar-refractivity contribution in [3.63, 3.8) is 0 Å². The summed E-state index contributed by atoms with van der Waals surface area (Å²) in [4.78, 5) is 0. The monoisotopic (exact) mass is 512 g/mol. The third-order valence-electron chi connectivity index (χ3n) is 3.86. The molecule has 8 nitrogen and oxygen atoms in total. The van der Waals surface area contributed by atoms with Crippen molar-refractivity contribution >= 4 is 33.7 Å². The molecular weight excluding hydrogens is 481 g/mol. The van der Waals surface area contributed by atoms with Gasteiger partial charge in [-0.2, -0.15) is 30.3 Å². The number of nitrogens with two attached hydrogens (primary N) is 2. The highest BCUT2D eigenvalue weighted by Gasteiger charge is 2.41. The zero-order valence-corrected chi connectivity index (χ0v) is 19.8. The third kappa shape index (κ3) is 16.4. The van der Waals surface area contributed by atoms with Gasteiger partial charge in [0.2, 0.25) is 0 Å². The largest absolute Gasteiger partial charge is 0.330 e. The summed E-state index contributed by atoms with van der Waals surface area (Å²) in [6.07, 6.45) is 0.402. The van der Waals surface area contributed by atoms with Gasteiger partial charge in [0.25, 0.3) is 26.2 Å². The molecule has 0 aliphatic rings. The maximum absolute atomic E-state index is 13.0. The van der Waals surface area contributed by atoms with Gasteiger partial charge in [-0.1, -0.05) is 26.0 Å². The first-order valence-corrected chi connectivity index (χ1v) is 12.1. The minimum atomic E-state index is -4.69. The van der Waals surface area contributed by atoms with Crippen LogP contribution in [0.15, 0.2) is 24.3 Å². The molecule has 2 atom stereocenters. The van der Waals surface area contributed by atoms with Crippen LogP contribution in [0.5, 0.6) is 0 Å². The molecule has 0 spiro atoms. The number of rotatable bonds is 10. The van der Waals surface area contributed by atoms with Crippen molar-refractivity contribution in [2.24, 2.45) is 23.3 Å². The van der Waals surface area contributed by atoms with Crippen LogP contribution in [0.2, 0.25) is 0 Å². The van der Waals surface area contributed by atoms with E-state index in [4.69, 9.17) is 20.6 Å². The molecule has 0 aliphatic carbocycles. The summed E-state index contributed by atoms with van der Waals surface area (Å²) in [6.45, 7) is 3.55. The van der Waals surface area contributed by atoms with Crippen LogP contribution in [0.25, 0.3) is 0 Å². The van der Waals surface area contributed by atoms with E-state index in [1.807, 2.05) is 0 Å². The predicted molar refractivity (Wildman–Crippen MR) is 118 cm³/mol. The molecule has 0 aliphatic heterocycles. The average Bonchev–Trinajstić information content (AvgIpc) is 2.53. The molecular formula is C17H31F3N2O6S3. The van der Waals surface area contributed by atoms with Crippen LogP contribution in [0.4, 0.5) is 13.2 Å². The Morgan fingerprint density at radius 2 is 1.52 bits per heavy atom. The highest BCUT2D eigenvalue weighted by Crippen LogP contribution is 2.23. The van der Waals surface area contributed by atoms with Gasteiger partial charge in [-0.15, -0.1) is 0 Å². The summed E-state index contributed by atoms with van der Waals surface area (Å²) in [5.41, 5.74) is 11.3. The molecule has 1 aromatic carbocycles. The van der Waals surface area contributed by atoms with E-state index in [0.717, 1.165) is 5.56 Å². The van der Waals surface area contributed by atoms with Crippen LogP contribution in [-0.2, 0) is 26.7 Å². The van der Waals surface area contributed by atoms with E-state index in [2.05, 4.69) is 0 Å². The fraction of sp³-hybridized carbons (Fsp3) is 0.647. The van der Waals surface area contributed by atoms with Gasteiger partial charge in [-0.3, -0.25) is 9.11 Å². The zero-order chi connectivity index (χ0) is 23.8. The molecule has 0 fully saturated rings. The number of hydrogen-bond donors (Lipinski definition) is 4. The molecule has 0 radical (unpaired) electrons. The first-order chi connectivity index (χ1) is 13.4. The highest BCUT2D eigenvalue weighted by atomic mass is 32.2. The maximum atomic E-state index is 13.0. The molecule has 0 amide bonds. The lowest BCUT2D eigenvalue weighted by molar-refractivity contribution is -0.00899. The Labute approximate surface area is 188 Å². The van der Waals surface area contributed by atoms with Gasteiger partial charge in [0.1, 0.15) is 11.6 Å². The van der Waals surface area contributed by atoms with E-state index < -0.39 is 38.0 Å². The summed E-state index contributed by atoms with van der Waals surface area (Å²) < 4.78 is 97.5. The van der Waals surface area contributed by atoms with Crippen LogP contribution >= 0.6 is 13.5 Å². The fourth-order valence-electron chi connectivity index (χ4n) is 2.49. The fourth-order valence-corrected chi connectivity index (χ4v) is 4.04. The summed E-state index contributed by atoms with van der Waals surface area (Å²) in [6, 6.07) is 4.20. The quantitative estimate of drug-likeness (QED) is 0.345. The standard InChI is InChI=1S/C10H14FNO3S.C7H15F2NO3S.H2S/c11-10-3-1-8(2-4-10)5-9(6-12)7-16(13,14)15;1-5(2)3-6(10)7(8,9)4-14(11,12)13;/h1-4,9H,5-7,12H2,(H,13,14,15);5-6H,3-4,10H2,1-2H3,(H,11,12,13);1H2/t;6-;/m.0./s1. The van der Waals surface area contributed by atoms with Crippen LogP contribution in [0.1, 0.15) is 25.8 Å². The molecule has 0 heterocycles. The number of benzene rings is 1. The van der Waals surface area contributed by atoms with E-state index >= 15 is 0 Å². The van der Waals surface area contributed by atoms with Gasteiger partial charge in [0.05, 0.1) is 11.8 Å². The molecule has 0 aromatic heterocycles. The summed E-state index contributed by atoms with van der Waals surface area (Å²) >= 11 is 0. The Morgan fingerprint density at radius 1 is 1.03 bits per heavy atom. The lowest BCUT2D eigenvalue weighted by Crippen LogP contribution is -2.46. The van der Waals surface area contributed by atoms with Crippen molar-refractivity contribution in [2.75, 3.05) is 18.1 Å². The van der Waals surface area contributed by atoms with E-state index in [1.165, 1.54) is 12.1 Å². The first kappa shape index (κ1) is 32.3. The number of alkyl halides is 2. The van der Waals surface area contributed by atoms with Gasteiger partial charge in [-0.25, -0.2) is 13.2 Å². The molecule has 0 saturated carbocycles. The van der Waals surface area contributed by atoms with Gasteiger partial charge >= 0.3 is 0 Å². The van der Waals surface area contributed by atoms with E-state index in [-0.39, 0.29) is 49.9 Å². The lowest BCUT2D eigenvalue weighted by atomic mass is 10.0. The molecule has 184 valence electrons.